The Hall–Kier alpha value is -1.82. The van der Waals surface area contributed by atoms with Crippen molar-refractivity contribution in [1.29, 1.82) is 0 Å². The van der Waals surface area contributed by atoms with Crippen molar-refractivity contribution in [3.63, 3.8) is 0 Å². The van der Waals surface area contributed by atoms with Crippen LogP contribution in [0.2, 0.25) is 0 Å². The Morgan fingerprint density at radius 3 is 2.04 bits per heavy atom. The van der Waals surface area contributed by atoms with Gasteiger partial charge in [-0.2, -0.15) is 0 Å². The molecule has 24 heavy (non-hydrogen) atoms. The molecule has 5 nitrogen and oxygen atoms in total. The van der Waals surface area contributed by atoms with E-state index < -0.39 is 10.0 Å². The van der Waals surface area contributed by atoms with E-state index in [2.05, 4.69) is 29.6 Å². The van der Waals surface area contributed by atoms with Crippen LogP contribution in [0.3, 0.4) is 0 Å². The summed E-state index contributed by atoms with van der Waals surface area (Å²) in [5.41, 5.74) is 7.75. The van der Waals surface area contributed by atoms with Gasteiger partial charge in [0.1, 0.15) is 0 Å². The molecule has 1 aromatic rings. The van der Waals surface area contributed by atoms with Crippen LogP contribution in [0, 0.1) is 0 Å². The van der Waals surface area contributed by atoms with E-state index in [-0.39, 0.29) is 10.9 Å². The maximum atomic E-state index is 11.9. The second-order valence-electron chi connectivity index (χ2n) is 4.68. The van der Waals surface area contributed by atoms with Crippen molar-refractivity contribution >= 4 is 16.0 Å². The fourth-order valence-electron chi connectivity index (χ4n) is 1.61. The predicted molar refractivity (Wildman–Crippen MR) is 105 cm³/mol. The molecule has 0 spiro atoms. The molecule has 0 atom stereocenters. The van der Waals surface area contributed by atoms with Crippen molar-refractivity contribution in [2.24, 2.45) is 10.7 Å². The van der Waals surface area contributed by atoms with E-state index in [0.29, 0.717) is 0 Å². The Balaban J connectivity index is 0. The highest BCUT2D eigenvalue weighted by atomic mass is 32.2. The van der Waals surface area contributed by atoms with Gasteiger partial charge in [0.2, 0.25) is 5.96 Å². The van der Waals surface area contributed by atoms with Crippen molar-refractivity contribution in [3.05, 3.63) is 41.5 Å². The van der Waals surface area contributed by atoms with Gasteiger partial charge in [0.15, 0.2) is 0 Å². The minimum absolute atomic E-state index is 0.127. The average Bonchev–Trinajstić information content (AvgIpc) is 2.58. The smallest absolute Gasteiger partial charge is 0.264 e. The highest BCUT2D eigenvalue weighted by Crippen LogP contribution is 2.12. The van der Waals surface area contributed by atoms with Crippen molar-refractivity contribution in [2.45, 2.75) is 59.3 Å². The molecule has 0 aromatic heterocycles. The van der Waals surface area contributed by atoms with Gasteiger partial charge in [-0.15, -0.1) is 0 Å². The second-order valence-corrected chi connectivity index (χ2v) is 6.36. The molecule has 0 fully saturated rings. The molecule has 0 unspecified atom stereocenters. The fourth-order valence-corrected chi connectivity index (χ4v) is 2.58. The number of benzene rings is 1. The molecular weight excluding hydrogens is 322 g/mol. The number of aliphatic imine (C=N–C) groups is 1. The molecular formula is C18H33N3O2S. The topological polar surface area (TPSA) is 84.5 Å². The Bertz CT molecular complexity index is 600. The molecule has 3 N–H and O–H groups in total. The molecule has 0 aliphatic carbocycles. The molecule has 0 aliphatic rings. The van der Waals surface area contributed by atoms with Crippen LogP contribution in [0.15, 0.2) is 45.8 Å². The van der Waals surface area contributed by atoms with Gasteiger partial charge in [0.05, 0.1) is 4.90 Å². The van der Waals surface area contributed by atoms with Crippen LogP contribution in [-0.4, -0.2) is 21.4 Å². The first-order valence-corrected chi connectivity index (χ1v) is 9.81. The first-order valence-electron chi connectivity index (χ1n) is 8.32. The van der Waals surface area contributed by atoms with Crippen molar-refractivity contribution in [2.75, 3.05) is 7.05 Å². The van der Waals surface area contributed by atoms with Gasteiger partial charge in [0.25, 0.3) is 10.0 Å². The van der Waals surface area contributed by atoms with Gasteiger partial charge < -0.3 is 5.73 Å². The largest absolute Gasteiger partial charge is 0.369 e. The Morgan fingerprint density at radius 1 is 1.12 bits per heavy atom. The summed E-state index contributed by atoms with van der Waals surface area (Å²) in [6.45, 7) is 12.1. The van der Waals surface area contributed by atoms with Crippen molar-refractivity contribution < 1.29 is 8.42 Å². The monoisotopic (exact) mass is 355 g/mol. The maximum Gasteiger partial charge on any atom is 0.264 e. The first kappa shape index (κ1) is 24.4. The van der Waals surface area contributed by atoms with E-state index in [9.17, 15) is 8.42 Å². The van der Waals surface area contributed by atoms with Gasteiger partial charge in [-0.3, -0.25) is 4.99 Å². The number of guanidine groups is 1. The van der Waals surface area contributed by atoms with Crippen LogP contribution in [0.5, 0.6) is 0 Å². The van der Waals surface area contributed by atoms with Gasteiger partial charge >= 0.3 is 0 Å². The van der Waals surface area contributed by atoms with E-state index in [1.807, 2.05) is 39.8 Å². The number of hydrogen-bond acceptors (Lipinski definition) is 3. The summed E-state index contributed by atoms with van der Waals surface area (Å²) in [6.07, 6.45) is 3.99. The molecule has 1 aromatic carbocycles. The highest BCUT2D eigenvalue weighted by molar-refractivity contribution is 7.90. The van der Waals surface area contributed by atoms with E-state index in [0.717, 1.165) is 18.4 Å². The molecule has 0 radical (unpaired) electrons. The third kappa shape index (κ3) is 10.0. The van der Waals surface area contributed by atoms with E-state index >= 15 is 0 Å². The lowest BCUT2D eigenvalue weighted by atomic mass is 10.1. The summed E-state index contributed by atoms with van der Waals surface area (Å²) in [4.78, 5) is 3.75. The molecule has 0 heterocycles. The molecule has 0 bridgehead atoms. The number of nitrogens with zero attached hydrogens (tertiary/aromatic N) is 1. The minimum Gasteiger partial charge on any atom is -0.369 e. The summed E-state index contributed by atoms with van der Waals surface area (Å²) in [7, 11) is -2.22. The lowest BCUT2D eigenvalue weighted by Gasteiger charge is -2.07. The molecule has 0 aliphatic heterocycles. The number of nitrogens with two attached hydrogens (primary N) is 1. The lowest BCUT2D eigenvalue weighted by molar-refractivity contribution is 0.592. The molecule has 1 rings (SSSR count). The number of aryl methyl sites for hydroxylation is 1. The zero-order valence-corrected chi connectivity index (χ0v) is 16.9. The van der Waals surface area contributed by atoms with Crippen LogP contribution < -0.4 is 10.5 Å². The van der Waals surface area contributed by atoms with Gasteiger partial charge in [-0.25, -0.2) is 13.1 Å². The van der Waals surface area contributed by atoms with E-state index in [1.54, 1.807) is 12.1 Å². The normalized spacial score (nSPS) is 10.5. The van der Waals surface area contributed by atoms with Crippen LogP contribution in [0.25, 0.3) is 0 Å². The van der Waals surface area contributed by atoms with Crippen LogP contribution >= 0.6 is 0 Å². The van der Waals surface area contributed by atoms with Crippen molar-refractivity contribution in [3.8, 4) is 0 Å². The molecule has 0 saturated heterocycles. The zero-order chi connectivity index (χ0) is 19.2. The zero-order valence-electron chi connectivity index (χ0n) is 16.1. The number of allylic oxidation sites excluding steroid dienone is 2. The number of rotatable bonds is 5. The van der Waals surface area contributed by atoms with Crippen LogP contribution in [0.1, 0.15) is 53.5 Å². The third-order valence-corrected chi connectivity index (χ3v) is 4.07. The Kier molecular flexibility index (Phi) is 13.8. The predicted octanol–water partition coefficient (Wildman–Crippen LogP) is 3.86. The Morgan fingerprint density at radius 2 is 1.62 bits per heavy atom. The summed E-state index contributed by atoms with van der Waals surface area (Å²) in [5.74, 6) is -0.127. The average molecular weight is 356 g/mol. The van der Waals surface area contributed by atoms with E-state index in [1.165, 1.54) is 12.6 Å². The maximum absolute atomic E-state index is 11.9. The summed E-state index contributed by atoms with van der Waals surface area (Å²) >= 11 is 0. The number of nitrogens with one attached hydrogen (secondary N) is 1. The molecule has 0 amide bonds. The summed E-state index contributed by atoms with van der Waals surface area (Å²) in [5, 5.41) is 0. The van der Waals surface area contributed by atoms with Gasteiger partial charge in [-0.05, 0) is 44.4 Å². The number of sulfonamides is 1. The fraction of sp³-hybridized carbons (Fsp3) is 0.500. The third-order valence-electron chi connectivity index (χ3n) is 2.70. The highest BCUT2D eigenvalue weighted by Gasteiger charge is 2.14. The van der Waals surface area contributed by atoms with Crippen LogP contribution in [-0.2, 0) is 16.4 Å². The second kappa shape index (κ2) is 13.6. The Labute approximate surface area is 148 Å². The molecule has 0 saturated carbocycles. The van der Waals surface area contributed by atoms with Crippen molar-refractivity contribution in [1.82, 2.24) is 4.72 Å². The minimum atomic E-state index is -3.64. The lowest BCUT2D eigenvalue weighted by Crippen LogP contribution is -2.36. The van der Waals surface area contributed by atoms with Gasteiger partial charge in [-0.1, -0.05) is 51.5 Å². The van der Waals surface area contributed by atoms with Crippen LogP contribution in [0.4, 0.5) is 0 Å². The first-order chi connectivity index (χ1) is 11.3. The summed E-state index contributed by atoms with van der Waals surface area (Å²) in [6, 6.07) is 6.77. The standard InChI is InChI=1S/C14H21N3O2S.2C2H6/c1-11(2)5-4-6-12-7-9-13(10-8-12)20(18,19)17-14(15)16-3;2*1-2/h5,7-10H,4,6H2,1-3H3,(H3,15,16,17);2*1-2H3. The van der Waals surface area contributed by atoms with Gasteiger partial charge in [0, 0.05) is 7.05 Å². The quantitative estimate of drug-likeness (QED) is 0.478. The molecule has 6 heteroatoms. The SMILES string of the molecule is CC.CC.CN=C(N)NS(=O)(=O)c1ccc(CCC=C(C)C)cc1. The van der Waals surface area contributed by atoms with E-state index in [4.69, 9.17) is 5.73 Å². The summed E-state index contributed by atoms with van der Waals surface area (Å²) < 4.78 is 26.1. The molecule has 138 valence electrons. The number of hydrogen-bond donors (Lipinski definition) is 2.